The summed E-state index contributed by atoms with van der Waals surface area (Å²) < 4.78 is 38.6. The zero-order chi connectivity index (χ0) is 15.0. The zero-order valence-corrected chi connectivity index (χ0v) is 12.1. The molecular weight excluding hydrogens is 296 g/mol. The van der Waals surface area contributed by atoms with Gasteiger partial charge < -0.3 is 15.2 Å². The molecule has 0 aliphatic carbocycles. The predicted molar refractivity (Wildman–Crippen MR) is 74.2 cm³/mol. The fraction of sp³-hybridized carbons (Fsp3) is 0.250. The number of fused-ring (bicyclic) bond motifs is 1. The summed E-state index contributed by atoms with van der Waals surface area (Å²) in [6, 6.07) is 5.24. The van der Waals surface area contributed by atoms with Crippen LogP contribution in [-0.2, 0) is 23.6 Å². The van der Waals surface area contributed by atoms with E-state index in [0.717, 1.165) is 5.56 Å². The van der Waals surface area contributed by atoms with Crippen LogP contribution in [0, 0.1) is 0 Å². The van der Waals surface area contributed by atoms with E-state index in [1.54, 1.807) is 25.2 Å². The van der Waals surface area contributed by atoms with Gasteiger partial charge in [0.25, 0.3) is 0 Å². The van der Waals surface area contributed by atoms with Gasteiger partial charge in [-0.25, -0.2) is 13.1 Å². The van der Waals surface area contributed by atoms with Crippen LogP contribution in [-0.4, -0.2) is 25.0 Å². The van der Waals surface area contributed by atoms with Crippen molar-refractivity contribution in [3.63, 3.8) is 0 Å². The second-order valence-corrected chi connectivity index (χ2v) is 6.30. The van der Waals surface area contributed by atoms with E-state index in [0.29, 0.717) is 11.5 Å². The largest absolute Gasteiger partial charge is 0.454 e. The number of hydrogen-bond donors (Lipinski definition) is 2. The molecule has 0 spiro atoms. The summed E-state index contributed by atoms with van der Waals surface area (Å²) in [5.41, 5.74) is 6.34. The standard InChI is InChI=1S/C12H14N4O4S/c1-16-6-11(12(13)15-16)21(17,18)14-5-8-2-3-9-10(4-8)20-7-19-9/h2-4,6,14H,5,7H2,1H3,(H2,13,15). The molecule has 2 aromatic rings. The quantitative estimate of drug-likeness (QED) is 0.835. The van der Waals surface area contributed by atoms with Gasteiger partial charge in [0.2, 0.25) is 16.8 Å². The second kappa shape index (κ2) is 4.93. The molecule has 0 bridgehead atoms. The highest BCUT2D eigenvalue weighted by atomic mass is 32.2. The monoisotopic (exact) mass is 310 g/mol. The van der Waals surface area contributed by atoms with Crippen molar-refractivity contribution in [3.05, 3.63) is 30.0 Å². The van der Waals surface area contributed by atoms with Crippen LogP contribution in [0.25, 0.3) is 0 Å². The molecule has 1 aromatic heterocycles. The van der Waals surface area contributed by atoms with Gasteiger partial charge in [0.1, 0.15) is 4.90 Å². The van der Waals surface area contributed by atoms with Gasteiger partial charge >= 0.3 is 0 Å². The molecule has 0 radical (unpaired) electrons. The third kappa shape index (κ3) is 2.65. The molecule has 0 atom stereocenters. The number of nitrogens with two attached hydrogens (primary N) is 1. The summed E-state index contributed by atoms with van der Waals surface area (Å²) in [6.45, 7) is 0.296. The number of hydrogen-bond acceptors (Lipinski definition) is 6. The number of anilines is 1. The molecule has 9 heteroatoms. The first-order valence-electron chi connectivity index (χ1n) is 6.13. The first-order chi connectivity index (χ1) is 9.95. The van der Waals surface area contributed by atoms with Crippen molar-refractivity contribution >= 4 is 15.8 Å². The van der Waals surface area contributed by atoms with Gasteiger partial charge in [0.05, 0.1) is 0 Å². The first kappa shape index (κ1) is 13.7. The van der Waals surface area contributed by atoms with Crippen molar-refractivity contribution in [2.24, 2.45) is 7.05 Å². The molecule has 3 N–H and O–H groups in total. The van der Waals surface area contributed by atoms with E-state index < -0.39 is 10.0 Å². The van der Waals surface area contributed by atoms with Gasteiger partial charge in [0, 0.05) is 19.8 Å². The van der Waals surface area contributed by atoms with Gasteiger partial charge in [-0.15, -0.1) is 0 Å². The molecule has 0 unspecified atom stereocenters. The normalized spacial score (nSPS) is 13.6. The number of nitrogens with zero attached hydrogens (tertiary/aromatic N) is 2. The summed E-state index contributed by atoms with van der Waals surface area (Å²) in [5.74, 6) is 1.22. The van der Waals surface area contributed by atoms with Gasteiger partial charge in [-0.1, -0.05) is 6.07 Å². The minimum Gasteiger partial charge on any atom is -0.454 e. The molecule has 1 aliphatic heterocycles. The second-order valence-electron chi connectivity index (χ2n) is 4.56. The molecule has 0 saturated heterocycles. The Labute approximate surface area is 121 Å². The van der Waals surface area contributed by atoms with E-state index in [1.807, 2.05) is 0 Å². The van der Waals surface area contributed by atoms with Crippen molar-refractivity contribution in [1.29, 1.82) is 0 Å². The summed E-state index contributed by atoms with van der Waals surface area (Å²) >= 11 is 0. The average molecular weight is 310 g/mol. The highest BCUT2D eigenvalue weighted by Crippen LogP contribution is 2.32. The van der Waals surface area contributed by atoms with Crippen LogP contribution in [0.2, 0.25) is 0 Å². The number of sulfonamides is 1. The van der Waals surface area contributed by atoms with Gasteiger partial charge in [0.15, 0.2) is 17.3 Å². The Balaban J connectivity index is 1.76. The van der Waals surface area contributed by atoms with Crippen LogP contribution in [0.1, 0.15) is 5.56 Å². The Hall–Kier alpha value is -2.26. The smallest absolute Gasteiger partial charge is 0.246 e. The maximum Gasteiger partial charge on any atom is 0.246 e. The lowest BCUT2D eigenvalue weighted by Gasteiger charge is -2.06. The highest BCUT2D eigenvalue weighted by Gasteiger charge is 2.21. The molecule has 1 aliphatic rings. The number of rotatable bonds is 4. The third-order valence-corrected chi connectivity index (χ3v) is 4.43. The molecule has 0 saturated carbocycles. The molecule has 0 fully saturated rings. The van der Waals surface area contributed by atoms with Crippen molar-refractivity contribution in [2.45, 2.75) is 11.4 Å². The van der Waals surface area contributed by atoms with Crippen LogP contribution in [0.15, 0.2) is 29.3 Å². The molecule has 112 valence electrons. The number of nitrogens with one attached hydrogen (secondary N) is 1. The lowest BCUT2D eigenvalue weighted by atomic mass is 10.2. The number of nitrogen functional groups attached to an aromatic ring is 1. The molecule has 8 nitrogen and oxygen atoms in total. The number of aromatic nitrogens is 2. The van der Waals surface area contributed by atoms with Crippen molar-refractivity contribution in [1.82, 2.24) is 14.5 Å². The van der Waals surface area contributed by atoms with E-state index >= 15 is 0 Å². The Morgan fingerprint density at radius 3 is 2.86 bits per heavy atom. The molecule has 1 aromatic carbocycles. The molecule has 3 rings (SSSR count). The topological polar surface area (TPSA) is 108 Å². The van der Waals surface area contributed by atoms with Crippen LogP contribution < -0.4 is 19.9 Å². The maximum atomic E-state index is 12.2. The van der Waals surface area contributed by atoms with Crippen LogP contribution >= 0.6 is 0 Å². The van der Waals surface area contributed by atoms with Gasteiger partial charge in [-0.05, 0) is 17.7 Å². The minimum absolute atomic E-state index is 0.0318. The summed E-state index contributed by atoms with van der Waals surface area (Å²) in [6.07, 6.45) is 1.36. The number of benzene rings is 1. The Morgan fingerprint density at radius 2 is 2.14 bits per heavy atom. The van der Waals surface area contributed by atoms with Crippen molar-refractivity contribution in [3.8, 4) is 11.5 Å². The van der Waals surface area contributed by atoms with E-state index in [1.165, 1.54) is 10.9 Å². The SMILES string of the molecule is Cn1cc(S(=O)(=O)NCc2ccc3c(c2)OCO3)c(N)n1. The fourth-order valence-corrected chi connectivity index (χ4v) is 3.12. The maximum absolute atomic E-state index is 12.2. The Kier molecular flexibility index (Phi) is 3.22. The fourth-order valence-electron chi connectivity index (χ4n) is 2.00. The third-order valence-electron chi connectivity index (χ3n) is 3.01. The van der Waals surface area contributed by atoms with E-state index in [9.17, 15) is 8.42 Å². The first-order valence-corrected chi connectivity index (χ1v) is 7.61. The minimum atomic E-state index is -3.71. The zero-order valence-electron chi connectivity index (χ0n) is 11.2. The Bertz CT molecular complexity index is 785. The number of aryl methyl sites for hydroxylation is 1. The molecule has 0 amide bonds. The van der Waals surface area contributed by atoms with E-state index in [-0.39, 0.29) is 24.1 Å². The van der Waals surface area contributed by atoms with E-state index in [4.69, 9.17) is 15.2 Å². The number of ether oxygens (including phenoxy) is 2. The summed E-state index contributed by atoms with van der Waals surface area (Å²) in [5, 5.41) is 3.82. The van der Waals surface area contributed by atoms with Crippen LogP contribution in [0.5, 0.6) is 11.5 Å². The van der Waals surface area contributed by atoms with Gasteiger partial charge in [-0.2, -0.15) is 5.10 Å². The molecular formula is C12H14N4O4S. The molecule has 21 heavy (non-hydrogen) atoms. The highest BCUT2D eigenvalue weighted by molar-refractivity contribution is 7.89. The summed E-state index contributed by atoms with van der Waals surface area (Å²) in [7, 11) is -2.11. The van der Waals surface area contributed by atoms with Crippen LogP contribution in [0.3, 0.4) is 0 Å². The molecule has 2 heterocycles. The van der Waals surface area contributed by atoms with Crippen LogP contribution in [0.4, 0.5) is 5.82 Å². The van der Waals surface area contributed by atoms with E-state index in [2.05, 4.69) is 9.82 Å². The lowest BCUT2D eigenvalue weighted by Crippen LogP contribution is -2.23. The van der Waals surface area contributed by atoms with Crippen molar-refractivity contribution in [2.75, 3.05) is 12.5 Å². The summed E-state index contributed by atoms with van der Waals surface area (Å²) in [4.78, 5) is -0.0363. The van der Waals surface area contributed by atoms with Crippen molar-refractivity contribution < 1.29 is 17.9 Å². The predicted octanol–water partition coefficient (Wildman–Crippen LogP) is 0.209. The Morgan fingerprint density at radius 1 is 1.38 bits per heavy atom. The lowest BCUT2D eigenvalue weighted by molar-refractivity contribution is 0.174. The van der Waals surface area contributed by atoms with Gasteiger partial charge in [-0.3, -0.25) is 4.68 Å². The average Bonchev–Trinajstić information content (AvgIpc) is 3.02.